The fourth-order valence-corrected chi connectivity index (χ4v) is 3.01. The predicted octanol–water partition coefficient (Wildman–Crippen LogP) is 3.61. The molecular formula is C18H16ClFN2O2. The molecule has 1 aromatic carbocycles. The number of aromatic nitrogens is 1. The monoisotopic (exact) mass is 346 g/mol. The minimum atomic E-state index is -0.399. The van der Waals surface area contributed by atoms with Crippen LogP contribution in [0.3, 0.4) is 0 Å². The number of amides is 1. The van der Waals surface area contributed by atoms with Crippen molar-refractivity contribution in [1.29, 1.82) is 0 Å². The predicted molar refractivity (Wildman–Crippen MR) is 92.6 cm³/mol. The molecule has 0 unspecified atom stereocenters. The molecule has 2 heterocycles. The molecule has 1 amide bonds. The summed E-state index contributed by atoms with van der Waals surface area (Å²) in [6, 6.07) is 4.19. The molecule has 6 heteroatoms. The van der Waals surface area contributed by atoms with E-state index < -0.39 is 5.82 Å². The molecule has 2 N–H and O–H groups in total. The number of nitrogens with one attached hydrogen (secondary N) is 2. The van der Waals surface area contributed by atoms with Crippen LogP contribution < -0.4 is 5.32 Å². The smallest absolute Gasteiger partial charge is 0.256 e. The number of hydrogen-bond donors (Lipinski definition) is 2. The standard InChI is InChI=1S/C18H16ClFN2O2/c1-9-13(6-12(23)8-19)10(2)21-17(9)7-15-14-5-11(20)3-4-16(14)22-18(15)24/h3-5,7,21H,6,8H2,1-2H3,(H,22,24)/b15-7-. The van der Waals surface area contributed by atoms with Crippen LogP contribution in [0.15, 0.2) is 18.2 Å². The van der Waals surface area contributed by atoms with Gasteiger partial charge in [0, 0.05) is 29.1 Å². The number of hydrogen-bond acceptors (Lipinski definition) is 2. The van der Waals surface area contributed by atoms with Crippen molar-refractivity contribution in [2.24, 2.45) is 0 Å². The summed E-state index contributed by atoms with van der Waals surface area (Å²) in [4.78, 5) is 27.0. The van der Waals surface area contributed by atoms with E-state index in [1.165, 1.54) is 12.1 Å². The van der Waals surface area contributed by atoms with Gasteiger partial charge in [0.15, 0.2) is 5.78 Å². The van der Waals surface area contributed by atoms with Crippen molar-refractivity contribution in [1.82, 2.24) is 4.98 Å². The zero-order valence-corrected chi connectivity index (χ0v) is 14.1. The topological polar surface area (TPSA) is 62.0 Å². The van der Waals surface area contributed by atoms with Crippen LogP contribution in [0.25, 0.3) is 11.6 Å². The molecule has 1 aliphatic rings. The highest BCUT2D eigenvalue weighted by Gasteiger charge is 2.25. The van der Waals surface area contributed by atoms with E-state index in [4.69, 9.17) is 11.6 Å². The van der Waals surface area contributed by atoms with Gasteiger partial charge in [-0.15, -0.1) is 11.6 Å². The largest absolute Gasteiger partial charge is 0.359 e. The van der Waals surface area contributed by atoms with Gasteiger partial charge in [-0.3, -0.25) is 9.59 Å². The fourth-order valence-electron chi connectivity index (χ4n) is 2.92. The van der Waals surface area contributed by atoms with Crippen molar-refractivity contribution in [3.8, 4) is 0 Å². The molecule has 24 heavy (non-hydrogen) atoms. The third-order valence-corrected chi connectivity index (χ3v) is 4.51. The first-order valence-electron chi connectivity index (χ1n) is 7.49. The Labute approximate surface area is 143 Å². The summed E-state index contributed by atoms with van der Waals surface area (Å²) in [6.45, 7) is 3.75. The van der Waals surface area contributed by atoms with Crippen molar-refractivity contribution in [2.45, 2.75) is 20.3 Å². The Balaban J connectivity index is 2.04. The van der Waals surface area contributed by atoms with Crippen molar-refractivity contribution in [2.75, 3.05) is 11.2 Å². The number of anilines is 1. The van der Waals surface area contributed by atoms with Gasteiger partial charge >= 0.3 is 0 Å². The van der Waals surface area contributed by atoms with Crippen LogP contribution in [0.4, 0.5) is 10.1 Å². The molecule has 0 bridgehead atoms. The Hall–Kier alpha value is -2.40. The first-order chi connectivity index (χ1) is 11.4. The molecule has 4 nitrogen and oxygen atoms in total. The third-order valence-electron chi connectivity index (χ3n) is 4.21. The Morgan fingerprint density at radius 2 is 2.08 bits per heavy atom. The zero-order valence-electron chi connectivity index (χ0n) is 13.3. The minimum absolute atomic E-state index is 0.0322. The molecule has 124 valence electrons. The number of halogens is 2. The van der Waals surface area contributed by atoms with Crippen LogP contribution in [0.1, 0.15) is 28.1 Å². The molecule has 1 aliphatic heterocycles. The van der Waals surface area contributed by atoms with Crippen molar-refractivity contribution in [3.05, 3.63) is 52.1 Å². The molecule has 0 saturated heterocycles. The lowest BCUT2D eigenvalue weighted by Crippen LogP contribution is -2.05. The molecule has 2 aromatic rings. The van der Waals surface area contributed by atoms with Crippen LogP contribution >= 0.6 is 11.6 Å². The summed E-state index contributed by atoms with van der Waals surface area (Å²) in [5.74, 6) is -0.771. The Kier molecular flexibility index (Phi) is 4.28. The molecule has 0 radical (unpaired) electrons. The maximum atomic E-state index is 13.5. The van der Waals surface area contributed by atoms with Crippen LogP contribution in [0.2, 0.25) is 0 Å². The SMILES string of the molecule is Cc1[nH]c(/C=C2\C(=O)Nc3ccc(F)cc32)c(C)c1CC(=O)CCl. The number of H-pyrrole nitrogens is 1. The Bertz CT molecular complexity index is 883. The van der Waals surface area contributed by atoms with E-state index in [1.807, 2.05) is 13.8 Å². The lowest BCUT2D eigenvalue weighted by molar-refractivity contribution is -0.116. The van der Waals surface area contributed by atoms with E-state index in [1.54, 1.807) is 12.1 Å². The summed E-state index contributed by atoms with van der Waals surface area (Å²) in [6.07, 6.45) is 1.94. The van der Waals surface area contributed by atoms with E-state index in [0.29, 0.717) is 16.8 Å². The van der Waals surface area contributed by atoms with E-state index in [9.17, 15) is 14.0 Å². The van der Waals surface area contributed by atoms with Crippen LogP contribution in [0, 0.1) is 19.7 Å². The summed E-state index contributed by atoms with van der Waals surface area (Å²) >= 11 is 5.58. The first kappa shape index (κ1) is 16.5. The second-order valence-corrected chi connectivity index (χ2v) is 6.09. The number of aromatic amines is 1. The number of carbonyl (C=O) groups is 2. The summed E-state index contributed by atoms with van der Waals surface area (Å²) in [5.41, 5.74) is 4.87. The number of ketones is 1. The van der Waals surface area contributed by atoms with Crippen LogP contribution in [-0.2, 0) is 16.0 Å². The van der Waals surface area contributed by atoms with Crippen molar-refractivity contribution < 1.29 is 14.0 Å². The highest BCUT2D eigenvalue weighted by molar-refractivity contribution is 6.34. The van der Waals surface area contributed by atoms with Gasteiger partial charge in [-0.2, -0.15) is 0 Å². The van der Waals surface area contributed by atoms with Gasteiger partial charge in [-0.1, -0.05) is 0 Å². The summed E-state index contributed by atoms with van der Waals surface area (Å²) in [7, 11) is 0. The highest BCUT2D eigenvalue weighted by atomic mass is 35.5. The number of carbonyl (C=O) groups excluding carboxylic acids is 2. The number of Topliss-reactive ketones (excluding diaryl/α,β-unsaturated/α-hetero) is 1. The maximum absolute atomic E-state index is 13.5. The minimum Gasteiger partial charge on any atom is -0.359 e. The summed E-state index contributed by atoms with van der Waals surface area (Å²) < 4.78 is 13.5. The van der Waals surface area contributed by atoms with Gasteiger partial charge in [0.05, 0.1) is 11.5 Å². The number of aryl methyl sites for hydroxylation is 1. The van der Waals surface area contributed by atoms with Gasteiger partial charge in [0.25, 0.3) is 5.91 Å². The second-order valence-electron chi connectivity index (χ2n) is 5.82. The third kappa shape index (κ3) is 2.87. The number of alkyl halides is 1. The number of fused-ring (bicyclic) bond motifs is 1. The molecule has 0 spiro atoms. The van der Waals surface area contributed by atoms with Crippen LogP contribution in [0.5, 0.6) is 0 Å². The Morgan fingerprint density at radius 1 is 1.33 bits per heavy atom. The molecule has 0 fully saturated rings. The molecular weight excluding hydrogens is 331 g/mol. The normalized spacial score (nSPS) is 14.8. The van der Waals surface area contributed by atoms with Gasteiger partial charge in [-0.25, -0.2) is 4.39 Å². The molecule has 0 saturated carbocycles. The van der Waals surface area contributed by atoms with Crippen molar-refractivity contribution >= 4 is 40.6 Å². The number of benzene rings is 1. The highest BCUT2D eigenvalue weighted by Crippen LogP contribution is 2.34. The lowest BCUT2D eigenvalue weighted by atomic mass is 10.0. The molecule has 0 aliphatic carbocycles. The van der Waals surface area contributed by atoms with E-state index in [2.05, 4.69) is 10.3 Å². The number of rotatable bonds is 4. The van der Waals surface area contributed by atoms with Crippen LogP contribution in [-0.4, -0.2) is 22.6 Å². The van der Waals surface area contributed by atoms with Gasteiger partial charge < -0.3 is 10.3 Å². The van der Waals surface area contributed by atoms with E-state index in [0.717, 1.165) is 22.5 Å². The van der Waals surface area contributed by atoms with E-state index in [-0.39, 0.29) is 24.0 Å². The maximum Gasteiger partial charge on any atom is 0.256 e. The zero-order chi connectivity index (χ0) is 17.4. The summed E-state index contributed by atoms with van der Waals surface area (Å²) in [5, 5.41) is 2.72. The van der Waals surface area contributed by atoms with Crippen molar-refractivity contribution in [3.63, 3.8) is 0 Å². The quantitative estimate of drug-likeness (QED) is 0.656. The van der Waals surface area contributed by atoms with Gasteiger partial charge in [0.2, 0.25) is 0 Å². The molecule has 1 aromatic heterocycles. The van der Waals surface area contributed by atoms with Gasteiger partial charge in [-0.05, 0) is 49.2 Å². The van der Waals surface area contributed by atoms with E-state index >= 15 is 0 Å². The average Bonchev–Trinajstić information content (AvgIpc) is 2.99. The fraction of sp³-hybridized carbons (Fsp3) is 0.222. The first-order valence-corrected chi connectivity index (χ1v) is 8.03. The molecule has 3 rings (SSSR count). The second kappa shape index (κ2) is 6.24. The average molecular weight is 347 g/mol. The molecule has 0 atom stereocenters. The Morgan fingerprint density at radius 3 is 2.79 bits per heavy atom. The van der Waals surface area contributed by atoms with Gasteiger partial charge in [0.1, 0.15) is 5.82 Å². The lowest BCUT2D eigenvalue weighted by Gasteiger charge is -2.01.